The Labute approximate surface area is 198 Å². The van der Waals surface area contributed by atoms with Crippen LogP contribution in [0.25, 0.3) is 0 Å². The Morgan fingerprint density at radius 1 is 1.15 bits per heavy atom. The summed E-state index contributed by atoms with van der Waals surface area (Å²) in [6.45, 7) is 2.76. The zero-order valence-corrected chi connectivity index (χ0v) is 21.0. The highest BCUT2D eigenvalue weighted by Gasteiger charge is 2.22. The number of hydrogen-bond acceptors (Lipinski definition) is 7. The summed E-state index contributed by atoms with van der Waals surface area (Å²) in [6, 6.07) is 10.5. The van der Waals surface area contributed by atoms with Crippen LogP contribution in [0.1, 0.15) is 26.5 Å². The van der Waals surface area contributed by atoms with E-state index in [-0.39, 0.29) is 16.4 Å². The first-order valence-corrected chi connectivity index (χ1v) is 12.5. The number of amides is 1. The molecule has 3 rings (SSSR count). The number of hydrogen-bond donors (Lipinski definition) is 1. The zero-order valence-electron chi connectivity index (χ0n) is 19.3. The molecule has 0 unspecified atom stereocenters. The van der Waals surface area contributed by atoms with Crippen LogP contribution in [-0.2, 0) is 23.1 Å². The van der Waals surface area contributed by atoms with Gasteiger partial charge >= 0.3 is 0 Å². The first kappa shape index (κ1) is 24.7. The number of nitrogens with one attached hydrogen (secondary N) is 1. The third-order valence-corrected chi connectivity index (χ3v) is 7.65. The number of anilines is 1. The molecule has 0 saturated carbocycles. The van der Waals surface area contributed by atoms with Crippen LogP contribution in [-0.4, -0.2) is 56.8 Å². The van der Waals surface area contributed by atoms with E-state index in [9.17, 15) is 13.2 Å². The highest BCUT2D eigenvalue weighted by atomic mass is 32.2. The Kier molecular flexibility index (Phi) is 7.72. The summed E-state index contributed by atoms with van der Waals surface area (Å²) in [7, 11) is 2.49. The van der Waals surface area contributed by atoms with E-state index in [1.165, 1.54) is 36.4 Å². The summed E-state index contributed by atoms with van der Waals surface area (Å²) in [5.41, 5.74) is 2.83. The van der Waals surface area contributed by atoms with Crippen LogP contribution in [0.2, 0.25) is 0 Å². The van der Waals surface area contributed by atoms with Gasteiger partial charge < -0.3 is 15.0 Å². The SMILES string of the molecule is COc1ccc(CNc2cc(C(=O)N(C)Cc3nccs3)cc(S(=O)(=O)N(C)C)c2)cc1C. The van der Waals surface area contributed by atoms with Crippen molar-refractivity contribution >= 4 is 33.0 Å². The second-order valence-electron chi connectivity index (χ2n) is 7.78. The second kappa shape index (κ2) is 10.3. The number of benzene rings is 2. The lowest BCUT2D eigenvalue weighted by atomic mass is 10.1. The smallest absolute Gasteiger partial charge is 0.254 e. The van der Waals surface area contributed by atoms with Crippen molar-refractivity contribution in [2.45, 2.75) is 24.9 Å². The molecular weight excluding hydrogens is 460 g/mol. The number of methoxy groups -OCH3 is 1. The summed E-state index contributed by atoms with van der Waals surface area (Å²) in [4.78, 5) is 18.9. The van der Waals surface area contributed by atoms with E-state index in [0.29, 0.717) is 18.8 Å². The number of nitrogens with zero attached hydrogens (tertiary/aromatic N) is 3. The van der Waals surface area contributed by atoms with Gasteiger partial charge in [0.05, 0.1) is 18.6 Å². The Morgan fingerprint density at radius 3 is 2.52 bits per heavy atom. The van der Waals surface area contributed by atoms with Crippen molar-refractivity contribution < 1.29 is 17.9 Å². The molecule has 3 aromatic rings. The fraction of sp³-hybridized carbons (Fsp3) is 0.304. The maximum absolute atomic E-state index is 13.1. The summed E-state index contributed by atoms with van der Waals surface area (Å²) in [5, 5.41) is 5.90. The molecule has 176 valence electrons. The summed E-state index contributed by atoms with van der Waals surface area (Å²) < 4.78 is 32.1. The topological polar surface area (TPSA) is 91.8 Å². The van der Waals surface area contributed by atoms with Crippen molar-refractivity contribution in [2.24, 2.45) is 0 Å². The number of sulfonamides is 1. The van der Waals surface area contributed by atoms with Crippen LogP contribution in [0.5, 0.6) is 5.75 Å². The van der Waals surface area contributed by atoms with Crippen LogP contribution in [0, 0.1) is 6.92 Å². The molecule has 0 bridgehead atoms. The predicted molar refractivity (Wildman–Crippen MR) is 130 cm³/mol. The minimum absolute atomic E-state index is 0.0504. The quantitative estimate of drug-likeness (QED) is 0.495. The molecule has 1 aromatic heterocycles. The number of ether oxygens (including phenoxy) is 1. The van der Waals surface area contributed by atoms with Crippen molar-refractivity contribution in [1.82, 2.24) is 14.2 Å². The third-order valence-electron chi connectivity index (χ3n) is 5.09. The lowest BCUT2D eigenvalue weighted by Crippen LogP contribution is -2.27. The number of carbonyl (C=O) groups is 1. The maximum Gasteiger partial charge on any atom is 0.254 e. The molecule has 0 aliphatic carbocycles. The molecule has 0 spiro atoms. The summed E-state index contributed by atoms with van der Waals surface area (Å²) in [6.07, 6.45) is 1.69. The number of aryl methyl sites for hydroxylation is 1. The minimum Gasteiger partial charge on any atom is -0.496 e. The van der Waals surface area contributed by atoms with Crippen LogP contribution in [0.4, 0.5) is 5.69 Å². The first-order chi connectivity index (χ1) is 15.6. The molecule has 0 atom stereocenters. The molecule has 0 aliphatic rings. The Balaban J connectivity index is 1.90. The third kappa shape index (κ3) is 5.89. The second-order valence-corrected chi connectivity index (χ2v) is 10.9. The normalized spacial score (nSPS) is 11.5. The standard InChI is InChI=1S/C23H28N4O4S2/c1-16-10-17(6-7-21(16)31-5)14-25-19-11-18(12-20(13-19)33(29,30)26(2)3)23(28)27(4)15-22-24-8-9-32-22/h6-13,25H,14-15H2,1-5H3. The largest absolute Gasteiger partial charge is 0.496 e. The maximum atomic E-state index is 13.1. The van der Waals surface area contributed by atoms with Gasteiger partial charge in [-0.1, -0.05) is 12.1 Å². The Hall–Kier alpha value is -2.95. The van der Waals surface area contributed by atoms with Gasteiger partial charge in [-0.25, -0.2) is 17.7 Å². The lowest BCUT2D eigenvalue weighted by Gasteiger charge is -2.19. The average molecular weight is 489 g/mol. The lowest BCUT2D eigenvalue weighted by molar-refractivity contribution is 0.0785. The monoisotopic (exact) mass is 488 g/mol. The van der Waals surface area contributed by atoms with Crippen molar-refractivity contribution in [3.63, 3.8) is 0 Å². The molecule has 2 aromatic carbocycles. The Bertz CT molecular complexity index is 1230. The van der Waals surface area contributed by atoms with Gasteiger partial charge in [0.25, 0.3) is 5.91 Å². The number of thiazole rings is 1. The highest BCUT2D eigenvalue weighted by molar-refractivity contribution is 7.89. The van der Waals surface area contributed by atoms with E-state index in [2.05, 4.69) is 10.3 Å². The van der Waals surface area contributed by atoms with Crippen molar-refractivity contribution in [3.05, 3.63) is 69.7 Å². The van der Waals surface area contributed by atoms with Crippen LogP contribution < -0.4 is 10.1 Å². The summed E-state index contributed by atoms with van der Waals surface area (Å²) >= 11 is 1.46. The fourth-order valence-electron chi connectivity index (χ4n) is 3.27. The van der Waals surface area contributed by atoms with Crippen molar-refractivity contribution in [3.8, 4) is 5.75 Å². The summed E-state index contributed by atoms with van der Waals surface area (Å²) in [5.74, 6) is 0.512. The number of carbonyl (C=O) groups excluding carboxylic acids is 1. The van der Waals surface area contributed by atoms with Gasteiger partial charge in [-0.15, -0.1) is 11.3 Å². The number of aromatic nitrogens is 1. The van der Waals surface area contributed by atoms with Gasteiger partial charge in [-0.3, -0.25) is 4.79 Å². The van der Waals surface area contributed by atoms with Gasteiger partial charge in [0, 0.05) is 50.5 Å². The van der Waals surface area contributed by atoms with Crippen LogP contribution in [0.15, 0.2) is 52.9 Å². The fourth-order valence-corrected chi connectivity index (χ4v) is 4.91. The molecule has 33 heavy (non-hydrogen) atoms. The van der Waals surface area contributed by atoms with Crippen LogP contribution >= 0.6 is 11.3 Å². The van der Waals surface area contributed by atoms with Crippen LogP contribution in [0.3, 0.4) is 0 Å². The van der Waals surface area contributed by atoms with E-state index in [0.717, 1.165) is 26.2 Å². The van der Waals surface area contributed by atoms with Gasteiger partial charge in [-0.05, 0) is 42.3 Å². The number of rotatable bonds is 9. The zero-order chi connectivity index (χ0) is 24.2. The molecule has 0 aliphatic heterocycles. The molecule has 0 radical (unpaired) electrons. The van der Waals surface area contributed by atoms with Gasteiger partial charge in [0.2, 0.25) is 10.0 Å². The predicted octanol–water partition coefficient (Wildman–Crippen LogP) is 3.59. The van der Waals surface area contributed by atoms with E-state index < -0.39 is 10.0 Å². The molecule has 1 amide bonds. The van der Waals surface area contributed by atoms with Crippen molar-refractivity contribution in [2.75, 3.05) is 33.6 Å². The van der Waals surface area contributed by atoms with E-state index in [1.54, 1.807) is 32.5 Å². The molecule has 8 nitrogen and oxygen atoms in total. The highest BCUT2D eigenvalue weighted by Crippen LogP contribution is 2.24. The first-order valence-electron chi connectivity index (χ1n) is 10.2. The van der Waals surface area contributed by atoms with E-state index >= 15 is 0 Å². The van der Waals surface area contributed by atoms with Crippen molar-refractivity contribution in [1.29, 1.82) is 0 Å². The van der Waals surface area contributed by atoms with E-state index in [4.69, 9.17) is 4.74 Å². The average Bonchev–Trinajstić information content (AvgIpc) is 3.30. The molecule has 0 fully saturated rings. The van der Waals surface area contributed by atoms with Gasteiger partial charge in [0.1, 0.15) is 10.8 Å². The minimum atomic E-state index is -3.73. The van der Waals surface area contributed by atoms with E-state index in [1.807, 2.05) is 30.5 Å². The Morgan fingerprint density at radius 2 is 1.91 bits per heavy atom. The molecule has 1 heterocycles. The van der Waals surface area contributed by atoms with Gasteiger partial charge in [0.15, 0.2) is 0 Å². The molecule has 0 saturated heterocycles. The van der Waals surface area contributed by atoms with Gasteiger partial charge in [-0.2, -0.15) is 0 Å². The molecule has 10 heteroatoms. The molecule has 1 N–H and O–H groups in total. The molecular formula is C23H28N4O4S2.